The second-order valence-corrected chi connectivity index (χ2v) is 31.1. The molecular weight excluding hydrogens is 1470 g/mol. The highest BCUT2D eigenvalue weighted by Crippen LogP contribution is 2.57. The monoisotopic (exact) mass is 1540 g/mol. The zero-order chi connectivity index (χ0) is 78.9. The van der Waals surface area contributed by atoms with E-state index in [0.717, 1.165) is 122 Å². The molecule has 0 amide bonds. The smallest absolute Gasteiger partial charge is 0.238 e. The van der Waals surface area contributed by atoms with Crippen molar-refractivity contribution in [2.75, 3.05) is 9.80 Å². The van der Waals surface area contributed by atoms with Crippen molar-refractivity contribution in [3.05, 3.63) is 422 Å². The molecule has 0 spiro atoms. The third-order valence-electron chi connectivity index (χ3n) is 24.5. The molecule has 0 bridgehead atoms. The summed E-state index contributed by atoms with van der Waals surface area (Å²) in [5.41, 5.74) is 25.9. The molecule has 8 heterocycles. The van der Waals surface area contributed by atoms with Crippen molar-refractivity contribution in [1.82, 2.24) is 39.0 Å². The van der Waals surface area contributed by atoms with Gasteiger partial charge in [0.15, 0.2) is 23.3 Å². The van der Waals surface area contributed by atoms with Gasteiger partial charge in [-0.2, -0.15) is 19.9 Å². The predicted molar refractivity (Wildman–Crippen MR) is 485 cm³/mol. The van der Waals surface area contributed by atoms with Crippen molar-refractivity contribution >= 4 is 100 Å². The molecule has 4 aliphatic rings. The molecule has 0 N–H and O–H groups in total. The molecule has 25 rings (SSSR count). The van der Waals surface area contributed by atoms with Gasteiger partial charge in [-0.1, -0.05) is 315 Å². The Balaban J connectivity index is 0.000000137. The van der Waals surface area contributed by atoms with Gasteiger partial charge in [-0.3, -0.25) is 9.13 Å². The van der Waals surface area contributed by atoms with Crippen LogP contribution in [0.4, 0.5) is 22.7 Å². The van der Waals surface area contributed by atoms with Gasteiger partial charge in [-0.25, -0.2) is 9.97 Å². The van der Waals surface area contributed by atoms with E-state index in [4.69, 9.17) is 38.7 Å². The van der Waals surface area contributed by atoms with Crippen LogP contribution >= 0.6 is 0 Å². The van der Waals surface area contributed by atoms with Crippen LogP contribution in [0.25, 0.3) is 169 Å². The average molecular weight is 1540 g/mol. The summed E-state index contributed by atoms with van der Waals surface area (Å²) >= 11 is 0. The lowest BCUT2D eigenvalue weighted by molar-refractivity contribution is 0.584. The van der Waals surface area contributed by atoms with E-state index in [2.05, 4.69) is 383 Å². The SMILES string of the molecule is C1=CC2C(c3ccccc3N2c2cccc(-c3ccccc3)c2)c2c1oc1c(-c3nc(-c4ccc(-c5ccccc5)cc4)nc(-n4c5ccccc5c5ccccc54)n3)cccc21.C1=CC2C(c3ccccc3N2c2cccc(-c3ccccc3)c2)c2c1oc1c(-c3nc(-c4ccccc4)nc(-n4c5ccccc5c5ccccc54)n3)cccc21. The molecular formula is C108H70N10O2. The van der Waals surface area contributed by atoms with Crippen molar-refractivity contribution in [1.29, 1.82) is 0 Å². The molecule has 6 aromatic heterocycles. The number of anilines is 4. The van der Waals surface area contributed by atoms with E-state index in [1.807, 2.05) is 36.4 Å². The van der Waals surface area contributed by atoms with Gasteiger partial charge in [0, 0.05) is 89.2 Å². The van der Waals surface area contributed by atoms with Crippen LogP contribution in [0.5, 0.6) is 0 Å². The van der Waals surface area contributed by atoms with E-state index in [1.165, 1.54) is 55.9 Å². The maximum absolute atomic E-state index is 6.99. The highest BCUT2D eigenvalue weighted by Gasteiger charge is 2.46. The van der Waals surface area contributed by atoms with Crippen LogP contribution in [0, 0.1) is 0 Å². The van der Waals surface area contributed by atoms with E-state index >= 15 is 0 Å². The van der Waals surface area contributed by atoms with E-state index in [1.54, 1.807) is 0 Å². The maximum atomic E-state index is 6.99. The normalized spacial score (nSPS) is 15.4. The third-order valence-corrected chi connectivity index (χ3v) is 24.5. The minimum atomic E-state index is 0.0447. The minimum absolute atomic E-state index is 0.0447. The van der Waals surface area contributed by atoms with Crippen molar-refractivity contribution in [3.63, 3.8) is 0 Å². The van der Waals surface area contributed by atoms with Crippen LogP contribution in [0.1, 0.15) is 45.6 Å². The Morgan fingerprint density at radius 2 is 0.550 bits per heavy atom. The van der Waals surface area contributed by atoms with Crippen LogP contribution in [-0.2, 0) is 0 Å². The average Bonchev–Trinajstić information content (AvgIpc) is 1.49. The van der Waals surface area contributed by atoms with E-state index < -0.39 is 0 Å². The largest absolute Gasteiger partial charge is 0.456 e. The number of aromatic nitrogens is 8. The van der Waals surface area contributed by atoms with Crippen LogP contribution in [0.15, 0.2) is 397 Å². The van der Waals surface area contributed by atoms with Gasteiger partial charge in [0.2, 0.25) is 11.9 Å². The zero-order valence-corrected chi connectivity index (χ0v) is 64.7. The number of furan rings is 2. The van der Waals surface area contributed by atoms with Crippen molar-refractivity contribution in [2.24, 2.45) is 0 Å². The van der Waals surface area contributed by atoms with Gasteiger partial charge in [0.1, 0.15) is 22.7 Å². The molecule has 2 aliphatic heterocycles. The number of fused-ring (bicyclic) bond motifs is 20. The molecule has 4 unspecified atom stereocenters. The van der Waals surface area contributed by atoms with Gasteiger partial charge >= 0.3 is 0 Å². The second-order valence-electron chi connectivity index (χ2n) is 31.1. The lowest BCUT2D eigenvalue weighted by Crippen LogP contribution is -2.30. The van der Waals surface area contributed by atoms with Gasteiger partial charge < -0.3 is 18.6 Å². The highest BCUT2D eigenvalue weighted by molar-refractivity contribution is 6.11. The van der Waals surface area contributed by atoms with Gasteiger partial charge in [-0.05, 0) is 129 Å². The van der Waals surface area contributed by atoms with Gasteiger partial charge in [-0.15, -0.1) is 0 Å². The lowest BCUT2D eigenvalue weighted by Gasteiger charge is -2.30. The van der Waals surface area contributed by atoms with Crippen LogP contribution < -0.4 is 9.80 Å². The first-order valence-corrected chi connectivity index (χ1v) is 40.8. The number of benzene rings is 15. The fourth-order valence-corrected chi connectivity index (χ4v) is 19.2. The van der Waals surface area contributed by atoms with Crippen LogP contribution in [-0.4, -0.2) is 51.1 Å². The van der Waals surface area contributed by atoms with Gasteiger partial charge in [0.25, 0.3) is 0 Å². The topological polar surface area (TPSA) is 120 Å². The third kappa shape index (κ3) is 11.1. The molecule has 0 radical (unpaired) electrons. The molecule has 564 valence electrons. The molecule has 12 nitrogen and oxygen atoms in total. The Kier molecular flexibility index (Phi) is 15.9. The highest BCUT2D eigenvalue weighted by atomic mass is 16.3. The summed E-state index contributed by atoms with van der Waals surface area (Å²) in [6.45, 7) is 0. The Hall–Kier alpha value is -15.9. The fraction of sp³-hybridized carbons (Fsp3) is 0.0370. The molecule has 15 aromatic carbocycles. The molecule has 2 aliphatic carbocycles. The second kappa shape index (κ2) is 27.9. The quantitative estimate of drug-likeness (QED) is 0.124. The summed E-state index contributed by atoms with van der Waals surface area (Å²) in [5.74, 6) is 5.24. The Bertz CT molecular complexity index is 7610. The number of para-hydroxylation sites is 8. The summed E-state index contributed by atoms with van der Waals surface area (Å²) in [5, 5.41) is 6.71. The summed E-state index contributed by atoms with van der Waals surface area (Å²) in [6.07, 6.45) is 8.94. The Labute approximate surface area is 690 Å². The first-order chi connectivity index (χ1) is 59.5. The number of hydrogen-bond acceptors (Lipinski definition) is 10. The van der Waals surface area contributed by atoms with Crippen molar-refractivity contribution < 1.29 is 8.83 Å². The van der Waals surface area contributed by atoms with Crippen molar-refractivity contribution in [3.8, 4) is 90.8 Å². The number of nitrogens with zero attached hydrogens (tertiary/aromatic N) is 10. The number of rotatable bonds is 11. The Morgan fingerprint density at radius 1 is 0.242 bits per heavy atom. The minimum Gasteiger partial charge on any atom is -0.456 e. The predicted octanol–water partition coefficient (Wildman–Crippen LogP) is 26.5. The molecule has 0 saturated heterocycles. The Morgan fingerprint density at radius 3 is 0.967 bits per heavy atom. The lowest BCUT2D eigenvalue weighted by atomic mass is 9.82. The summed E-state index contributed by atoms with van der Waals surface area (Å²) in [7, 11) is 0. The van der Waals surface area contributed by atoms with Gasteiger partial charge in [0.05, 0.1) is 45.3 Å². The molecule has 12 heteroatoms. The first-order valence-electron chi connectivity index (χ1n) is 40.8. The van der Waals surface area contributed by atoms with Crippen LogP contribution in [0.2, 0.25) is 0 Å². The first kappa shape index (κ1) is 68.5. The number of hydrogen-bond donors (Lipinski definition) is 0. The molecule has 21 aromatic rings. The van der Waals surface area contributed by atoms with E-state index in [9.17, 15) is 0 Å². The van der Waals surface area contributed by atoms with E-state index in [0.29, 0.717) is 35.2 Å². The fourth-order valence-electron chi connectivity index (χ4n) is 19.2. The molecule has 4 atom stereocenters. The summed E-state index contributed by atoms with van der Waals surface area (Å²) in [4.78, 5) is 36.4. The molecule has 120 heavy (non-hydrogen) atoms. The van der Waals surface area contributed by atoms with Crippen LogP contribution in [0.3, 0.4) is 0 Å². The molecule has 0 saturated carbocycles. The maximum Gasteiger partial charge on any atom is 0.238 e. The standard InChI is InChI=1S/C57H37N5O.C51H33N5O/c1-3-15-36(16-4-1)38-29-31-39(32-30-38)55-58-56(60-57(59-55)62-47-26-10-7-21-42(47)43-22-8-11-27-48(43)62)46-25-14-24-45-53-51(63-54(45)46)34-33-50-52(53)44-23-9-12-28-49(44)61(50)41-20-13-19-40(35-41)37-17-5-2-6-18-37;1-3-15-32(16-4-1)34-19-13-20-35(31-34)55-43-28-12-9-23-38(43)46-44(55)29-30-45-47(46)39-24-14-25-40(48(39)57-45)50-52-49(33-17-5-2-6-18-33)53-51(54-50)56-41-26-10-7-21-36(41)37-22-8-11-27-42(37)56/h1-35,50,52H;1-31,44,46H. The summed E-state index contributed by atoms with van der Waals surface area (Å²) < 4.78 is 18.2. The van der Waals surface area contributed by atoms with E-state index in [-0.39, 0.29) is 23.9 Å². The van der Waals surface area contributed by atoms with Crippen molar-refractivity contribution in [2.45, 2.75) is 23.9 Å². The molecule has 0 fully saturated rings. The summed E-state index contributed by atoms with van der Waals surface area (Å²) in [6, 6.07) is 132. The zero-order valence-electron chi connectivity index (χ0n) is 64.7.